The highest BCUT2D eigenvalue weighted by molar-refractivity contribution is 5.55. The van der Waals surface area contributed by atoms with Crippen LogP contribution in [0.4, 0.5) is 58.4 Å². The number of hydrogen-bond donors (Lipinski definition) is 1. The molecule has 2 rings (SSSR count). The average molecular weight is 455 g/mol. The Balaban J connectivity index is 2.72. The zero-order valence-electron chi connectivity index (χ0n) is 14.2. The predicted octanol–water partition coefficient (Wildman–Crippen LogP) is 6.93. The summed E-state index contributed by atoms with van der Waals surface area (Å²) in [6.45, 7) is 0. The molecule has 0 saturated carbocycles. The summed E-state index contributed by atoms with van der Waals surface area (Å²) in [7, 11) is 0. The van der Waals surface area contributed by atoms with Gasteiger partial charge >= 0.3 is 24.7 Å². The maximum absolute atomic E-state index is 13.2. The van der Waals surface area contributed by atoms with Gasteiger partial charge in [-0.1, -0.05) is 0 Å². The lowest BCUT2D eigenvalue weighted by Gasteiger charge is -2.19. The highest BCUT2D eigenvalue weighted by atomic mass is 19.4. The zero-order valence-corrected chi connectivity index (χ0v) is 14.2. The summed E-state index contributed by atoms with van der Waals surface area (Å²) in [5.41, 5.74) is -5.42. The van der Waals surface area contributed by atoms with Gasteiger partial charge in [-0.3, -0.25) is 0 Å². The zero-order chi connectivity index (χ0) is 23.3. The molecule has 0 aromatic heterocycles. The summed E-state index contributed by atoms with van der Waals surface area (Å²) in [5, 5.41) is 0. The molecule has 13 heteroatoms. The van der Waals surface area contributed by atoms with Crippen LogP contribution in [0.3, 0.4) is 0 Å². The SMILES string of the molecule is Nc1cc(C(F)(F)F)c(Cc2cc(C(F)(F)F)cc(C(F)(F)F)c2)cc1C(F)(F)F. The number of nitrogen functional groups attached to an aromatic ring is 1. The minimum atomic E-state index is -5.28. The van der Waals surface area contributed by atoms with Crippen molar-refractivity contribution in [3.05, 3.63) is 63.7 Å². The van der Waals surface area contributed by atoms with Gasteiger partial charge in [0.1, 0.15) is 0 Å². The Kier molecular flexibility index (Phi) is 5.74. The molecular formula is C17H9F12N. The lowest BCUT2D eigenvalue weighted by Crippen LogP contribution is -2.16. The lowest BCUT2D eigenvalue weighted by molar-refractivity contribution is -0.143. The average Bonchev–Trinajstić information content (AvgIpc) is 2.52. The van der Waals surface area contributed by atoms with E-state index >= 15 is 0 Å². The lowest BCUT2D eigenvalue weighted by atomic mass is 9.93. The maximum Gasteiger partial charge on any atom is 0.418 e. The number of halogens is 12. The standard InChI is InChI=1S/C17H9F12N/c18-14(19,20)9-2-7(3-10(5-9)15(21,22)23)1-8-4-12(17(27,28)29)13(30)6-11(8)16(24,25)26/h2-6H,1,30H2. The summed E-state index contributed by atoms with van der Waals surface area (Å²) >= 11 is 0. The summed E-state index contributed by atoms with van der Waals surface area (Å²) < 4.78 is 156. The molecule has 2 aromatic carbocycles. The Hall–Kier alpha value is -2.60. The molecule has 0 saturated heterocycles. The molecule has 0 heterocycles. The van der Waals surface area contributed by atoms with Crippen LogP contribution in [-0.2, 0) is 31.1 Å². The van der Waals surface area contributed by atoms with Gasteiger partial charge in [0.2, 0.25) is 0 Å². The number of benzene rings is 2. The minimum Gasteiger partial charge on any atom is -0.398 e. The normalized spacial score (nSPS) is 13.6. The predicted molar refractivity (Wildman–Crippen MR) is 80.1 cm³/mol. The summed E-state index contributed by atoms with van der Waals surface area (Å²) in [4.78, 5) is 0. The van der Waals surface area contributed by atoms with Gasteiger partial charge in [-0.25, -0.2) is 0 Å². The van der Waals surface area contributed by atoms with Crippen LogP contribution in [-0.4, -0.2) is 0 Å². The first kappa shape index (κ1) is 23.7. The Morgan fingerprint density at radius 2 is 0.967 bits per heavy atom. The van der Waals surface area contributed by atoms with Crippen LogP contribution in [0.2, 0.25) is 0 Å². The van der Waals surface area contributed by atoms with Gasteiger partial charge in [-0.2, -0.15) is 52.7 Å². The highest BCUT2D eigenvalue weighted by Gasteiger charge is 2.40. The van der Waals surface area contributed by atoms with Gasteiger partial charge in [0.15, 0.2) is 0 Å². The fraction of sp³-hybridized carbons (Fsp3) is 0.294. The van der Waals surface area contributed by atoms with E-state index in [1.165, 1.54) is 0 Å². The van der Waals surface area contributed by atoms with Crippen molar-refractivity contribution < 1.29 is 52.7 Å². The molecule has 1 nitrogen and oxygen atoms in total. The second kappa shape index (κ2) is 7.27. The van der Waals surface area contributed by atoms with Crippen LogP contribution < -0.4 is 5.73 Å². The van der Waals surface area contributed by atoms with E-state index in [0.29, 0.717) is 0 Å². The molecule has 0 aliphatic heterocycles. The Bertz CT molecular complexity index is 900. The minimum absolute atomic E-state index is 0.0360. The van der Waals surface area contributed by atoms with Crippen LogP contribution in [0.15, 0.2) is 30.3 Å². The third-order valence-electron chi connectivity index (χ3n) is 3.93. The first-order valence-electron chi connectivity index (χ1n) is 7.65. The topological polar surface area (TPSA) is 26.0 Å². The number of nitrogens with two attached hydrogens (primary N) is 1. The van der Waals surface area contributed by atoms with Crippen LogP contribution in [0, 0.1) is 0 Å². The molecule has 2 aromatic rings. The Morgan fingerprint density at radius 1 is 0.533 bits per heavy atom. The van der Waals surface area contributed by atoms with Crippen molar-refractivity contribution in [3.8, 4) is 0 Å². The van der Waals surface area contributed by atoms with Crippen LogP contribution in [0.25, 0.3) is 0 Å². The van der Waals surface area contributed by atoms with Gasteiger partial charge in [0.25, 0.3) is 0 Å². The molecule has 0 fully saturated rings. The van der Waals surface area contributed by atoms with Crippen molar-refractivity contribution >= 4 is 5.69 Å². The quantitative estimate of drug-likeness (QED) is 0.386. The molecule has 0 amide bonds. The highest BCUT2D eigenvalue weighted by Crippen LogP contribution is 2.42. The molecule has 166 valence electrons. The van der Waals surface area contributed by atoms with Crippen LogP contribution in [0.5, 0.6) is 0 Å². The van der Waals surface area contributed by atoms with Crippen molar-refractivity contribution in [1.82, 2.24) is 0 Å². The number of hydrogen-bond acceptors (Lipinski definition) is 1. The Morgan fingerprint density at radius 3 is 1.33 bits per heavy atom. The molecule has 0 spiro atoms. The third kappa shape index (κ3) is 5.30. The molecule has 0 aliphatic carbocycles. The smallest absolute Gasteiger partial charge is 0.398 e. The molecule has 0 radical (unpaired) electrons. The number of anilines is 1. The van der Waals surface area contributed by atoms with Gasteiger partial charge in [-0.15, -0.1) is 0 Å². The van der Waals surface area contributed by atoms with Crippen molar-refractivity contribution in [3.63, 3.8) is 0 Å². The second-order valence-corrected chi connectivity index (χ2v) is 6.18. The van der Waals surface area contributed by atoms with E-state index in [0.717, 1.165) is 0 Å². The number of rotatable bonds is 2. The van der Waals surface area contributed by atoms with Crippen molar-refractivity contribution in [2.24, 2.45) is 0 Å². The van der Waals surface area contributed by atoms with Gasteiger partial charge < -0.3 is 5.73 Å². The van der Waals surface area contributed by atoms with E-state index < -0.39 is 70.2 Å². The maximum atomic E-state index is 13.2. The van der Waals surface area contributed by atoms with Gasteiger partial charge in [-0.05, 0) is 47.9 Å². The van der Waals surface area contributed by atoms with E-state index in [1.807, 2.05) is 0 Å². The largest absolute Gasteiger partial charge is 0.418 e. The molecule has 0 unspecified atom stereocenters. The van der Waals surface area contributed by atoms with Gasteiger partial charge in [0.05, 0.1) is 22.3 Å². The van der Waals surface area contributed by atoms with Gasteiger partial charge in [0, 0.05) is 5.69 Å². The fourth-order valence-corrected chi connectivity index (χ4v) is 2.66. The van der Waals surface area contributed by atoms with Crippen LogP contribution in [0.1, 0.15) is 33.4 Å². The van der Waals surface area contributed by atoms with Crippen molar-refractivity contribution in [2.75, 3.05) is 5.73 Å². The molecule has 2 N–H and O–H groups in total. The van der Waals surface area contributed by atoms with E-state index in [2.05, 4.69) is 0 Å². The second-order valence-electron chi connectivity index (χ2n) is 6.18. The van der Waals surface area contributed by atoms with E-state index in [9.17, 15) is 52.7 Å². The summed E-state index contributed by atoms with van der Waals surface area (Å²) in [5.74, 6) is 0. The van der Waals surface area contributed by atoms with E-state index in [-0.39, 0.29) is 30.3 Å². The molecular weight excluding hydrogens is 446 g/mol. The summed E-state index contributed by atoms with van der Waals surface area (Å²) in [6.07, 6.45) is -22.3. The molecule has 0 atom stereocenters. The first-order valence-corrected chi connectivity index (χ1v) is 7.65. The number of alkyl halides is 12. The Labute approximate surface area is 160 Å². The van der Waals surface area contributed by atoms with Crippen molar-refractivity contribution in [1.29, 1.82) is 0 Å². The fourth-order valence-electron chi connectivity index (χ4n) is 2.66. The third-order valence-corrected chi connectivity index (χ3v) is 3.93. The molecule has 0 aliphatic rings. The van der Waals surface area contributed by atoms with Crippen LogP contribution >= 0.6 is 0 Å². The van der Waals surface area contributed by atoms with E-state index in [1.54, 1.807) is 0 Å². The monoisotopic (exact) mass is 455 g/mol. The van der Waals surface area contributed by atoms with E-state index in [4.69, 9.17) is 5.73 Å². The first-order chi connectivity index (χ1) is 13.3. The summed E-state index contributed by atoms with van der Waals surface area (Å²) in [6, 6.07) is -0.0710. The molecule has 30 heavy (non-hydrogen) atoms. The van der Waals surface area contributed by atoms with Crippen molar-refractivity contribution in [2.45, 2.75) is 31.1 Å². The molecule has 0 bridgehead atoms.